The lowest BCUT2D eigenvalue weighted by Gasteiger charge is -2.01. The number of nitrogens with one attached hydrogen (secondary N) is 1. The van der Waals surface area contributed by atoms with E-state index in [1.807, 2.05) is 6.92 Å². The number of nitrogens with zero attached hydrogens (tertiary/aromatic N) is 6. The topological polar surface area (TPSA) is 111 Å². The highest BCUT2D eigenvalue weighted by Gasteiger charge is 2.13. The van der Waals surface area contributed by atoms with Gasteiger partial charge in [0.2, 0.25) is 5.95 Å². The summed E-state index contributed by atoms with van der Waals surface area (Å²) in [4.78, 5) is 19.3. The van der Waals surface area contributed by atoms with Crippen LogP contribution in [0.3, 0.4) is 0 Å². The number of H-pyrrole nitrogens is 1. The fourth-order valence-electron chi connectivity index (χ4n) is 1.59. The molecule has 0 atom stereocenters. The summed E-state index contributed by atoms with van der Waals surface area (Å²) in [5, 5.41) is 4.27. The maximum atomic E-state index is 5.80. The van der Waals surface area contributed by atoms with Gasteiger partial charge >= 0.3 is 0 Å². The first-order valence-corrected chi connectivity index (χ1v) is 5.15. The third kappa shape index (κ3) is 1.41. The molecule has 86 valence electrons. The van der Waals surface area contributed by atoms with Crippen LogP contribution in [0.1, 0.15) is 12.7 Å². The Labute approximate surface area is 95.9 Å². The molecule has 0 radical (unpaired) electrons. The lowest BCUT2D eigenvalue weighted by Crippen LogP contribution is -2.06. The average Bonchev–Trinajstić information content (AvgIpc) is 2.94. The molecule has 8 heteroatoms. The van der Waals surface area contributed by atoms with Crippen LogP contribution in [0.25, 0.3) is 17.0 Å². The summed E-state index contributed by atoms with van der Waals surface area (Å²) in [6.07, 6.45) is 3.69. The molecule has 0 amide bonds. The molecule has 0 saturated heterocycles. The van der Waals surface area contributed by atoms with Crippen molar-refractivity contribution >= 4 is 17.1 Å². The predicted molar refractivity (Wildman–Crippen MR) is 60.4 cm³/mol. The number of aromatic amines is 1. The van der Waals surface area contributed by atoms with Gasteiger partial charge in [0.05, 0.1) is 6.33 Å². The lowest BCUT2D eigenvalue weighted by molar-refractivity contribution is 0.823. The monoisotopic (exact) mass is 230 g/mol. The zero-order valence-corrected chi connectivity index (χ0v) is 9.12. The maximum Gasteiger partial charge on any atom is 0.225 e. The Morgan fingerprint density at radius 1 is 1.35 bits per heavy atom. The molecule has 3 heterocycles. The highest BCUT2D eigenvalue weighted by molar-refractivity contribution is 5.77. The normalized spacial score (nSPS) is 11.1. The van der Waals surface area contributed by atoms with Crippen molar-refractivity contribution in [2.75, 3.05) is 5.73 Å². The van der Waals surface area contributed by atoms with Crippen LogP contribution in [-0.4, -0.2) is 34.7 Å². The minimum absolute atomic E-state index is 0.302. The largest absolute Gasteiger partial charge is 0.368 e. The van der Waals surface area contributed by atoms with Gasteiger partial charge in [-0.2, -0.15) is 9.67 Å². The minimum atomic E-state index is 0.302. The van der Waals surface area contributed by atoms with Crippen LogP contribution in [0.2, 0.25) is 0 Å². The first-order valence-electron chi connectivity index (χ1n) is 5.15. The van der Waals surface area contributed by atoms with E-state index in [0.29, 0.717) is 35.2 Å². The van der Waals surface area contributed by atoms with E-state index in [2.05, 4.69) is 30.0 Å². The lowest BCUT2D eigenvalue weighted by atomic mass is 10.5. The smallest absolute Gasteiger partial charge is 0.225 e. The molecule has 0 saturated carbocycles. The first-order chi connectivity index (χ1) is 8.29. The van der Waals surface area contributed by atoms with Crippen molar-refractivity contribution in [3.63, 3.8) is 0 Å². The van der Waals surface area contributed by atoms with Gasteiger partial charge in [-0.25, -0.2) is 15.0 Å². The predicted octanol–water partition coefficient (Wildman–Crippen LogP) is 0.0782. The van der Waals surface area contributed by atoms with Crippen LogP contribution < -0.4 is 5.73 Å². The van der Waals surface area contributed by atoms with Crippen LogP contribution >= 0.6 is 0 Å². The van der Waals surface area contributed by atoms with E-state index in [-0.39, 0.29) is 0 Å². The molecular formula is C9H10N8. The molecule has 0 fully saturated rings. The Balaban J connectivity index is 2.26. The number of hydrogen-bond donors (Lipinski definition) is 2. The molecular weight excluding hydrogens is 220 g/mol. The van der Waals surface area contributed by atoms with E-state index < -0.39 is 0 Å². The number of hydrogen-bond acceptors (Lipinski definition) is 6. The zero-order chi connectivity index (χ0) is 11.8. The Morgan fingerprint density at radius 3 is 3.00 bits per heavy atom. The molecule has 3 rings (SSSR count). The molecule has 0 aliphatic heterocycles. The van der Waals surface area contributed by atoms with Crippen LogP contribution in [0, 0.1) is 0 Å². The highest BCUT2D eigenvalue weighted by atomic mass is 15.4. The van der Waals surface area contributed by atoms with E-state index in [0.717, 1.165) is 0 Å². The Hall–Kier alpha value is -2.51. The molecule has 3 aromatic rings. The zero-order valence-electron chi connectivity index (χ0n) is 9.12. The van der Waals surface area contributed by atoms with Crippen molar-refractivity contribution in [2.45, 2.75) is 13.3 Å². The van der Waals surface area contributed by atoms with Gasteiger partial charge in [0, 0.05) is 6.42 Å². The summed E-state index contributed by atoms with van der Waals surface area (Å²) in [5.74, 6) is 1.53. The fourth-order valence-corrected chi connectivity index (χ4v) is 1.59. The number of aromatic nitrogens is 7. The summed E-state index contributed by atoms with van der Waals surface area (Å²) in [6.45, 7) is 1.96. The van der Waals surface area contributed by atoms with Crippen molar-refractivity contribution in [1.29, 1.82) is 0 Å². The maximum absolute atomic E-state index is 5.80. The second-order valence-electron chi connectivity index (χ2n) is 3.45. The van der Waals surface area contributed by atoms with E-state index in [9.17, 15) is 0 Å². The van der Waals surface area contributed by atoms with E-state index in [4.69, 9.17) is 5.73 Å². The van der Waals surface area contributed by atoms with Gasteiger partial charge in [0.25, 0.3) is 0 Å². The van der Waals surface area contributed by atoms with Crippen molar-refractivity contribution in [3.05, 3.63) is 18.5 Å². The molecule has 0 bridgehead atoms. The van der Waals surface area contributed by atoms with Crippen molar-refractivity contribution in [2.24, 2.45) is 0 Å². The highest BCUT2D eigenvalue weighted by Crippen LogP contribution is 2.16. The fraction of sp³-hybridized carbons (Fsp3) is 0.222. The number of nitrogen functional groups attached to an aromatic ring is 1. The van der Waals surface area contributed by atoms with Crippen LogP contribution in [-0.2, 0) is 6.42 Å². The number of imidazole rings is 1. The molecule has 3 N–H and O–H groups in total. The van der Waals surface area contributed by atoms with Crippen molar-refractivity contribution in [1.82, 2.24) is 34.7 Å². The van der Waals surface area contributed by atoms with Crippen LogP contribution in [0.4, 0.5) is 5.95 Å². The minimum Gasteiger partial charge on any atom is -0.368 e. The molecule has 17 heavy (non-hydrogen) atoms. The van der Waals surface area contributed by atoms with Gasteiger partial charge in [-0.05, 0) is 0 Å². The molecule has 0 aromatic carbocycles. The summed E-state index contributed by atoms with van der Waals surface area (Å²) in [7, 11) is 0. The molecule has 0 aliphatic carbocycles. The molecule has 0 unspecified atom stereocenters. The number of rotatable bonds is 2. The summed E-state index contributed by atoms with van der Waals surface area (Å²) >= 11 is 0. The van der Waals surface area contributed by atoms with Crippen LogP contribution in [0.5, 0.6) is 0 Å². The van der Waals surface area contributed by atoms with Crippen molar-refractivity contribution in [3.8, 4) is 5.82 Å². The second kappa shape index (κ2) is 3.51. The van der Waals surface area contributed by atoms with Gasteiger partial charge in [-0.3, -0.25) is 0 Å². The van der Waals surface area contributed by atoms with Crippen LogP contribution in [0.15, 0.2) is 12.7 Å². The molecule has 8 nitrogen and oxygen atoms in total. The van der Waals surface area contributed by atoms with E-state index >= 15 is 0 Å². The Kier molecular flexibility index (Phi) is 2.00. The van der Waals surface area contributed by atoms with Crippen molar-refractivity contribution < 1.29 is 0 Å². The SMILES string of the molecule is CCc1nc(N)n(-c2ncnc3nc[nH]c23)n1. The molecule has 3 aromatic heterocycles. The number of fused-ring (bicyclic) bond motifs is 1. The summed E-state index contributed by atoms with van der Waals surface area (Å²) < 4.78 is 1.49. The quantitative estimate of drug-likeness (QED) is 0.644. The Morgan fingerprint density at radius 2 is 2.24 bits per heavy atom. The summed E-state index contributed by atoms with van der Waals surface area (Å²) in [5.41, 5.74) is 7.06. The number of anilines is 1. The van der Waals surface area contributed by atoms with Gasteiger partial charge in [0.1, 0.15) is 11.8 Å². The van der Waals surface area contributed by atoms with E-state index in [1.165, 1.54) is 11.0 Å². The second-order valence-corrected chi connectivity index (χ2v) is 3.45. The number of nitrogens with two attached hydrogens (primary N) is 1. The van der Waals surface area contributed by atoms with Gasteiger partial charge in [-0.15, -0.1) is 5.10 Å². The van der Waals surface area contributed by atoms with Gasteiger partial charge in [0.15, 0.2) is 17.3 Å². The Bertz CT molecular complexity index is 666. The van der Waals surface area contributed by atoms with E-state index in [1.54, 1.807) is 6.33 Å². The summed E-state index contributed by atoms with van der Waals surface area (Å²) in [6, 6.07) is 0. The molecule has 0 spiro atoms. The first kappa shape index (κ1) is 9.70. The number of aryl methyl sites for hydroxylation is 1. The third-order valence-corrected chi connectivity index (χ3v) is 2.40. The standard InChI is InChI=1S/C9H10N8/c1-2-5-15-9(10)17(16-5)8-6-7(12-3-11-6)13-4-14-8/h3-4H,2H2,1H3,(H2,10,15,16)(H,11,12,13,14). The van der Waals surface area contributed by atoms with Gasteiger partial charge in [-0.1, -0.05) is 6.92 Å². The average molecular weight is 230 g/mol. The molecule has 0 aliphatic rings. The third-order valence-electron chi connectivity index (χ3n) is 2.40. The van der Waals surface area contributed by atoms with Gasteiger partial charge < -0.3 is 10.7 Å².